The zero-order valence-corrected chi connectivity index (χ0v) is 11.9. The number of carboxylic acid groups (broad SMARTS) is 1. The SMILES string of the molecule is Cc1cc2c(o1)CC(C)(C)CC2NC(=O)/C=C/C(=O)O. The van der Waals surface area contributed by atoms with Gasteiger partial charge in [0.15, 0.2) is 0 Å². The summed E-state index contributed by atoms with van der Waals surface area (Å²) in [6.45, 7) is 6.13. The third kappa shape index (κ3) is 3.29. The third-order valence-electron chi connectivity index (χ3n) is 3.43. The average Bonchev–Trinajstić information content (AvgIpc) is 2.65. The highest BCUT2D eigenvalue weighted by Gasteiger charge is 2.35. The molecular formula is C15H19NO4. The highest BCUT2D eigenvalue weighted by molar-refractivity contribution is 5.94. The first-order valence-corrected chi connectivity index (χ1v) is 6.57. The van der Waals surface area contributed by atoms with Crippen LogP contribution in [0.25, 0.3) is 0 Å². The number of amides is 1. The molecule has 5 nitrogen and oxygen atoms in total. The number of aryl methyl sites for hydroxylation is 1. The van der Waals surface area contributed by atoms with Gasteiger partial charge in [0.1, 0.15) is 11.5 Å². The number of furan rings is 1. The molecule has 0 saturated carbocycles. The lowest BCUT2D eigenvalue weighted by Crippen LogP contribution is -2.35. The predicted octanol–water partition coefficient (Wildman–Crippen LogP) is 2.36. The Morgan fingerprint density at radius 1 is 1.45 bits per heavy atom. The quantitative estimate of drug-likeness (QED) is 0.831. The molecule has 1 unspecified atom stereocenters. The molecule has 1 aromatic heterocycles. The van der Waals surface area contributed by atoms with E-state index in [2.05, 4.69) is 19.2 Å². The minimum Gasteiger partial charge on any atom is -0.478 e. The van der Waals surface area contributed by atoms with Crippen molar-refractivity contribution in [3.8, 4) is 0 Å². The highest BCUT2D eigenvalue weighted by Crippen LogP contribution is 2.41. The van der Waals surface area contributed by atoms with Crippen molar-refractivity contribution in [2.45, 2.75) is 39.7 Å². The summed E-state index contributed by atoms with van der Waals surface area (Å²) in [5, 5.41) is 11.4. The molecule has 1 heterocycles. The smallest absolute Gasteiger partial charge is 0.328 e. The molecule has 0 spiro atoms. The van der Waals surface area contributed by atoms with Gasteiger partial charge in [0, 0.05) is 24.1 Å². The maximum atomic E-state index is 11.8. The first kappa shape index (κ1) is 14.4. The van der Waals surface area contributed by atoms with E-state index < -0.39 is 11.9 Å². The van der Waals surface area contributed by atoms with Crippen LogP contribution in [-0.2, 0) is 16.0 Å². The molecule has 0 bridgehead atoms. The molecule has 0 fully saturated rings. The van der Waals surface area contributed by atoms with Crippen LogP contribution in [0.3, 0.4) is 0 Å². The van der Waals surface area contributed by atoms with E-state index in [1.54, 1.807) is 0 Å². The van der Waals surface area contributed by atoms with E-state index in [9.17, 15) is 9.59 Å². The fourth-order valence-electron chi connectivity index (χ4n) is 2.68. The minimum absolute atomic E-state index is 0.0335. The minimum atomic E-state index is -1.14. The average molecular weight is 277 g/mol. The highest BCUT2D eigenvalue weighted by atomic mass is 16.4. The molecule has 0 saturated heterocycles. The molecule has 2 rings (SSSR count). The van der Waals surface area contributed by atoms with Crippen molar-refractivity contribution in [3.05, 3.63) is 35.3 Å². The largest absolute Gasteiger partial charge is 0.478 e. The van der Waals surface area contributed by atoms with Crippen molar-refractivity contribution in [1.82, 2.24) is 5.32 Å². The zero-order chi connectivity index (χ0) is 14.9. The van der Waals surface area contributed by atoms with E-state index in [0.717, 1.165) is 42.1 Å². The summed E-state index contributed by atoms with van der Waals surface area (Å²) >= 11 is 0. The van der Waals surface area contributed by atoms with Gasteiger partial charge in [-0.05, 0) is 24.8 Å². The van der Waals surface area contributed by atoms with Gasteiger partial charge in [-0.15, -0.1) is 0 Å². The van der Waals surface area contributed by atoms with E-state index in [4.69, 9.17) is 9.52 Å². The molecule has 1 aromatic rings. The molecule has 20 heavy (non-hydrogen) atoms. The lowest BCUT2D eigenvalue weighted by atomic mass is 9.74. The molecule has 1 atom stereocenters. The second-order valence-electron chi connectivity index (χ2n) is 6.01. The van der Waals surface area contributed by atoms with Crippen LogP contribution in [0.2, 0.25) is 0 Å². The zero-order valence-electron chi connectivity index (χ0n) is 11.9. The lowest BCUT2D eigenvalue weighted by Gasteiger charge is -2.34. The number of carbonyl (C=O) groups excluding carboxylic acids is 1. The summed E-state index contributed by atoms with van der Waals surface area (Å²) < 4.78 is 5.69. The fraction of sp³-hybridized carbons (Fsp3) is 0.467. The van der Waals surface area contributed by atoms with Crippen LogP contribution in [0, 0.1) is 12.3 Å². The second kappa shape index (κ2) is 5.15. The topological polar surface area (TPSA) is 79.5 Å². The molecule has 1 aliphatic carbocycles. The number of aliphatic carboxylic acids is 1. The first-order valence-electron chi connectivity index (χ1n) is 6.57. The van der Waals surface area contributed by atoms with Crippen molar-refractivity contribution < 1.29 is 19.1 Å². The lowest BCUT2D eigenvalue weighted by molar-refractivity contribution is -0.131. The third-order valence-corrected chi connectivity index (χ3v) is 3.43. The Balaban J connectivity index is 2.19. The van der Waals surface area contributed by atoms with Gasteiger partial charge in [-0.3, -0.25) is 4.79 Å². The Bertz CT molecular complexity index is 568. The van der Waals surface area contributed by atoms with E-state index in [1.165, 1.54) is 0 Å². The molecule has 2 N–H and O–H groups in total. The molecule has 0 aliphatic heterocycles. The number of hydrogen-bond acceptors (Lipinski definition) is 3. The van der Waals surface area contributed by atoms with Crippen LogP contribution >= 0.6 is 0 Å². The van der Waals surface area contributed by atoms with Gasteiger partial charge >= 0.3 is 5.97 Å². The number of hydrogen-bond donors (Lipinski definition) is 2. The predicted molar refractivity (Wildman–Crippen MR) is 73.2 cm³/mol. The summed E-state index contributed by atoms with van der Waals surface area (Å²) in [6, 6.07) is 1.80. The number of carboxylic acids is 1. The molecule has 0 aromatic carbocycles. The normalized spacial score (nSPS) is 20.6. The van der Waals surface area contributed by atoms with Gasteiger partial charge in [-0.1, -0.05) is 13.8 Å². The molecule has 1 amide bonds. The van der Waals surface area contributed by atoms with Crippen molar-refractivity contribution in [2.75, 3.05) is 0 Å². The van der Waals surface area contributed by atoms with Gasteiger partial charge < -0.3 is 14.8 Å². The summed E-state index contributed by atoms with van der Waals surface area (Å²) in [5.74, 6) is 0.197. The van der Waals surface area contributed by atoms with Crippen LogP contribution in [0.5, 0.6) is 0 Å². The Hall–Kier alpha value is -2.04. The Morgan fingerprint density at radius 2 is 2.15 bits per heavy atom. The molecule has 108 valence electrons. The summed E-state index contributed by atoms with van der Waals surface area (Å²) in [4.78, 5) is 22.2. The maximum absolute atomic E-state index is 11.8. The van der Waals surface area contributed by atoms with Gasteiger partial charge in [0.05, 0.1) is 6.04 Å². The van der Waals surface area contributed by atoms with Crippen LogP contribution in [0.15, 0.2) is 22.6 Å². The van der Waals surface area contributed by atoms with E-state index in [1.807, 2.05) is 13.0 Å². The van der Waals surface area contributed by atoms with Crippen molar-refractivity contribution in [1.29, 1.82) is 0 Å². The van der Waals surface area contributed by atoms with Crippen molar-refractivity contribution in [2.24, 2.45) is 5.41 Å². The van der Waals surface area contributed by atoms with Gasteiger partial charge in [0.25, 0.3) is 0 Å². The number of carbonyl (C=O) groups is 2. The number of nitrogens with one attached hydrogen (secondary N) is 1. The molecule has 5 heteroatoms. The molecule has 1 aliphatic rings. The second-order valence-corrected chi connectivity index (χ2v) is 6.01. The van der Waals surface area contributed by atoms with Gasteiger partial charge in [-0.25, -0.2) is 4.79 Å². The van der Waals surface area contributed by atoms with E-state index in [0.29, 0.717) is 0 Å². The summed E-state index contributed by atoms with van der Waals surface area (Å²) in [5.41, 5.74) is 1.03. The van der Waals surface area contributed by atoms with Crippen LogP contribution in [-0.4, -0.2) is 17.0 Å². The van der Waals surface area contributed by atoms with Crippen molar-refractivity contribution in [3.63, 3.8) is 0 Å². The number of fused-ring (bicyclic) bond motifs is 1. The van der Waals surface area contributed by atoms with Crippen LogP contribution < -0.4 is 5.32 Å². The van der Waals surface area contributed by atoms with Gasteiger partial charge in [-0.2, -0.15) is 0 Å². The molecular weight excluding hydrogens is 258 g/mol. The Morgan fingerprint density at radius 3 is 2.80 bits per heavy atom. The summed E-state index contributed by atoms with van der Waals surface area (Å²) in [7, 11) is 0. The van der Waals surface area contributed by atoms with Crippen LogP contribution in [0.1, 0.15) is 43.4 Å². The van der Waals surface area contributed by atoms with Crippen molar-refractivity contribution >= 4 is 11.9 Å². The maximum Gasteiger partial charge on any atom is 0.328 e. The Labute approximate surface area is 117 Å². The molecule has 0 radical (unpaired) electrons. The first-order chi connectivity index (χ1) is 9.27. The number of rotatable bonds is 3. The monoisotopic (exact) mass is 277 g/mol. The summed E-state index contributed by atoms with van der Waals surface area (Å²) in [6.07, 6.45) is 3.51. The van der Waals surface area contributed by atoms with Gasteiger partial charge in [0.2, 0.25) is 5.91 Å². The fourth-order valence-corrected chi connectivity index (χ4v) is 2.68. The standard InChI is InChI=1S/C15H19NO4/c1-9-6-10-11(16-13(17)4-5-14(18)19)7-15(2,3)8-12(10)20-9/h4-6,11H,7-8H2,1-3H3,(H,16,17)(H,18,19)/b5-4+. The van der Waals surface area contributed by atoms with E-state index in [-0.39, 0.29) is 11.5 Å². The van der Waals surface area contributed by atoms with Crippen LogP contribution in [0.4, 0.5) is 0 Å². The Kier molecular flexibility index (Phi) is 3.70. The van der Waals surface area contributed by atoms with E-state index >= 15 is 0 Å².